The van der Waals surface area contributed by atoms with Crippen LogP contribution < -0.4 is 10.0 Å². The van der Waals surface area contributed by atoms with Crippen LogP contribution in [0, 0.1) is 0 Å². The first-order chi connectivity index (χ1) is 15.3. The molecule has 0 radical (unpaired) electrons. The molecule has 0 aliphatic heterocycles. The lowest BCUT2D eigenvalue weighted by Gasteiger charge is -2.18. The quantitative estimate of drug-likeness (QED) is 0.605. The van der Waals surface area contributed by atoms with E-state index in [-0.39, 0.29) is 36.2 Å². The molecule has 0 fully saturated rings. The third-order valence-corrected chi connectivity index (χ3v) is 7.20. The summed E-state index contributed by atoms with van der Waals surface area (Å²) in [5.41, 5.74) is 4.06. The Morgan fingerprint density at radius 2 is 1.75 bits per heavy atom. The number of anilines is 1. The first-order valence-electron chi connectivity index (χ1n) is 11.0. The Balaban J connectivity index is 1.49. The average Bonchev–Trinajstić information content (AvgIpc) is 2.78. The fraction of sp³-hybridized carbons (Fsp3) is 0.417. The number of sulfonamides is 1. The summed E-state index contributed by atoms with van der Waals surface area (Å²) in [5, 5.41) is 2.83. The normalized spacial score (nSPS) is 13.3. The highest BCUT2D eigenvalue weighted by Gasteiger charge is 2.19. The Labute approximate surface area is 190 Å². The number of nitrogens with one attached hydrogen (secondary N) is 2. The van der Waals surface area contributed by atoms with E-state index in [4.69, 9.17) is 0 Å². The van der Waals surface area contributed by atoms with Crippen molar-refractivity contribution in [2.45, 2.75) is 50.3 Å². The zero-order valence-electron chi connectivity index (χ0n) is 18.7. The topological polar surface area (TPSA) is 95.6 Å². The summed E-state index contributed by atoms with van der Waals surface area (Å²) in [6.07, 6.45) is 4.85. The van der Waals surface area contributed by atoms with Gasteiger partial charge in [-0.2, -0.15) is 0 Å². The van der Waals surface area contributed by atoms with E-state index >= 15 is 0 Å². The molecule has 0 unspecified atom stereocenters. The molecule has 0 heterocycles. The van der Waals surface area contributed by atoms with Crippen molar-refractivity contribution in [1.82, 2.24) is 9.62 Å². The molecular weight excluding hydrogens is 426 g/mol. The van der Waals surface area contributed by atoms with Crippen LogP contribution in [0.1, 0.15) is 42.9 Å². The maximum atomic E-state index is 12.6. The molecule has 172 valence electrons. The van der Waals surface area contributed by atoms with Gasteiger partial charge >= 0.3 is 0 Å². The number of likely N-dealkylation sites (N-methyl/N-ethyl adjacent to an activating group) is 1. The van der Waals surface area contributed by atoms with Crippen LogP contribution in [0.2, 0.25) is 0 Å². The number of carbonyl (C=O) groups is 2. The largest absolute Gasteiger partial charge is 0.336 e. The van der Waals surface area contributed by atoms with Crippen LogP contribution in [-0.2, 0) is 38.9 Å². The zero-order chi connectivity index (χ0) is 23.1. The average molecular weight is 458 g/mol. The third-order valence-electron chi connectivity index (χ3n) is 5.74. The Hall–Kier alpha value is -2.71. The number of benzene rings is 2. The number of rotatable bonds is 9. The lowest BCUT2D eigenvalue weighted by molar-refractivity contribution is -0.133. The van der Waals surface area contributed by atoms with Gasteiger partial charge in [0.2, 0.25) is 21.8 Å². The number of para-hydroxylation sites is 1. The smallest absolute Gasteiger partial charge is 0.243 e. The highest BCUT2D eigenvalue weighted by atomic mass is 32.2. The number of carbonyl (C=O) groups excluding carboxylic acids is 2. The molecule has 0 atom stereocenters. The van der Waals surface area contributed by atoms with Gasteiger partial charge in [0.1, 0.15) is 0 Å². The van der Waals surface area contributed by atoms with Crippen molar-refractivity contribution >= 4 is 27.5 Å². The van der Waals surface area contributed by atoms with Crippen molar-refractivity contribution in [3.63, 3.8) is 0 Å². The van der Waals surface area contributed by atoms with Crippen LogP contribution in [0.3, 0.4) is 0 Å². The summed E-state index contributed by atoms with van der Waals surface area (Å²) in [6.45, 7) is 1.88. The lowest BCUT2D eigenvalue weighted by Crippen LogP contribution is -2.37. The number of fused-ring (bicyclic) bond motifs is 1. The van der Waals surface area contributed by atoms with Gasteiger partial charge in [-0.15, -0.1) is 0 Å². The minimum atomic E-state index is -3.69. The molecule has 32 heavy (non-hydrogen) atoms. The first kappa shape index (κ1) is 23.9. The molecule has 7 nitrogen and oxygen atoms in total. The van der Waals surface area contributed by atoms with Crippen molar-refractivity contribution < 1.29 is 18.0 Å². The van der Waals surface area contributed by atoms with E-state index in [9.17, 15) is 18.0 Å². The van der Waals surface area contributed by atoms with Crippen molar-refractivity contribution in [1.29, 1.82) is 0 Å². The highest BCUT2D eigenvalue weighted by molar-refractivity contribution is 7.89. The summed E-state index contributed by atoms with van der Waals surface area (Å²) in [4.78, 5) is 26.2. The van der Waals surface area contributed by atoms with Crippen molar-refractivity contribution in [2.24, 2.45) is 0 Å². The molecule has 0 saturated carbocycles. The van der Waals surface area contributed by atoms with Crippen LogP contribution in [0.4, 0.5) is 5.69 Å². The molecular formula is C24H31N3O4S. The molecule has 0 aromatic heterocycles. The first-order valence-corrected chi connectivity index (χ1v) is 12.5. The molecule has 2 amide bonds. The third kappa shape index (κ3) is 6.17. The second-order valence-corrected chi connectivity index (χ2v) is 9.86. The molecule has 0 spiro atoms. The van der Waals surface area contributed by atoms with E-state index in [2.05, 4.69) is 10.0 Å². The molecule has 1 aliphatic rings. The molecule has 2 N–H and O–H groups in total. The summed E-state index contributed by atoms with van der Waals surface area (Å²) >= 11 is 0. The molecule has 2 aromatic rings. The minimum Gasteiger partial charge on any atom is -0.336 e. The van der Waals surface area contributed by atoms with E-state index in [1.165, 1.54) is 17.5 Å². The zero-order valence-corrected chi connectivity index (χ0v) is 19.5. The second kappa shape index (κ2) is 10.7. The van der Waals surface area contributed by atoms with E-state index in [0.29, 0.717) is 0 Å². The van der Waals surface area contributed by atoms with Gasteiger partial charge in [0.25, 0.3) is 0 Å². The molecule has 1 aliphatic carbocycles. The molecule has 2 aromatic carbocycles. The Morgan fingerprint density at radius 3 is 2.50 bits per heavy atom. The summed E-state index contributed by atoms with van der Waals surface area (Å²) in [7, 11) is -2.15. The second-order valence-electron chi connectivity index (χ2n) is 8.09. The van der Waals surface area contributed by atoms with Gasteiger partial charge in [-0.25, -0.2) is 13.1 Å². The van der Waals surface area contributed by atoms with Gasteiger partial charge in [-0.05, 0) is 67.0 Å². The fourth-order valence-corrected chi connectivity index (χ4v) is 4.97. The van der Waals surface area contributed by atoms with Crippen molar-refractivity contribution in [2.75, 3.05) is 25.5 Å². The van der Waals surface area contributed by atoms with Crippen LogP contribution in [-0.4, -0.2) is 45.3 Å². The van der Waals surface area contributed by atoms with Crippen LogP contribution >= 0.6 is 0 Å². The minimum absolute atomic E-state index is 0.0249. The van der Waals surface area contributed by atoms with Crippen LogP contribution in [0.5, 0.6) is 0 Å². The van der Waals surface area contributed by atoms with Gasteiger partial charge in [-0.3, -0.25) is 9.59 Å². The Bertz CT molecular complexity index is 1080. The van der Waals surface area contributed by atoms with Crippen molar-refractivity contribution in [3.05, 3.63) is 59.2 Å². The maximum Gasteiger partial charge on any atom is 0.243 e. The number of hydrogen-bond donors (Lipinski definition) is 2. The summed E-state index contributed by atoms with van der Waals surface area (Å²) in [5.74, 6) is -0.603. The number of aryl methyl sites for hydroxylation is 3. The van der Waals surface area contributed by atoms with Gasteiger partial charge < -0.3 is 10.2 Å². The van der Waals surface area contributed by atoms with Crippen molar-refractivity contribution in [3.8, 4) is 0 Å². The number of hydrogen-bond acceptors (Lipinski definition) is 4. The van der Waals surface area contributed by atoms with E-state index < -0.39 is 10.0 Å². The predicted octanol–water partition coefficient (Wildman–Crippen LogP) is 2.89. The highest BCUT2D eigenvalue weighted by Crippen LogP contribution is 2.24. The lowest BCUT2D eigenvalue weighted by atomic mass is 9.92. The Morgan fingerprint density at radius 1 is 1.03 bits per heavy atom. The molecule has 3 rings (SSSR count). The molecule has 0 bridgehead atoms. The molecule has 8 heteroatoms. The fourth-order valence-electron chi connectivity index (χ4n) is 3.89. The summed E-state index contributed by atoms with van der Waals surface area (Å²) < 4.78 is 27.7. The Kier molecular flexibility index (Phi) is 8.04. The SMILES string of the molecule is CCc1ccccc1NC(=O)CN(C)C(=O)CCNS(=O)(=O)c1ccc2c(c1)CCCC2. The van der Waals surface area contributed by atoms with E-state index in [0.717, 1.165) is 48.9 Å². The summed E-state index contributed by atoms with van der Waals surface area (Å²) in [6, 6.07) is 12.8. The van der Waals surface area contributed by atoms with Crippen LogP contribution in [0.15, 0.2) is 47.4 Å². The van der Waals surface area contributed by atoms with Gasteiger partial charge in [0.15, 0.2) is 0 Å². The maximum absolute atomic E-state index is 12.6. The van der Waals surface area contributed by atoms with E-state index in [1.807, 2.05) is 37.3 Å². The standard InChI is InChI=1S/C24H31N3O4S/c1-3-18-8-6-7-11-22(18)26-23(28)17-27(2)24(29)14-15-25-32(30,31)21-13-12-19-9-4-5-10-20(19)16-21/h6-8,11-13,16,25H,3-5,9-10,14-15,17H2,1-2H3,(H,26,28). The monoisotopic (exact) mass is 457 g/mol. The van der Waals surface area contributed by atoms with Gasteiger partial charge in [0, 0.05) is 25.7 Å². The number of nitrogens with zero attached hydrogens (tertiary/aromatic N) is 1. The van der Waals surface area contributed by atoms with Gasteiger partial charge in [-0.1, -0.05) is 31.2 Å². The predicted molar refractivity (Wildman–Crippen MR) is 125 cm³/mol. The van der Waals surface area contributed by atoms with Crippen LogP contribution in [0.25, 0.3) is 0 Å². The van der Waals surface area contributed by atoms with E-state index in [1.54, 1.807) is 12.1 Å². The molecule has 0 saturated heterocycles. The van der Waals surface area contributed by atoms with Gasteiger partial charge in [0.05, 0.1) is 11.4 Å². The number of amides is 2.